The summed E-state index contributed by atoms with van der Waals surface area (Å²) in [4.78, 5) is 32.0. The predicted octanol–water partition coefficient (Wildman–Crippen LogP) is 4.01. The van der Waals surface area contributed by atoms with Gasteiger partial charge in [-0.2, -0.15) is 0 Å². The first-order valence-corrected chi connectivity index (χ1v) is 10.5. The smallest absolute Gasteiger partial charge is 0.290 e. The zero-order valence-corrected chi connectivity index (χ0v) is 18.2. The van der Waals surface area contributed by atoms with Crippen molar-refractivity contribution < 1.29 is 9.59 Å². The number of fused-ring (bicyclic) bond motifs is 3. The van der Waals surface area contributed by atoms with Gasteiger partial charge in [-0.1, -0.05) is 23.8 Å². The summed E-state index contributed by atoms with van der Waals surface area (Å²) in [6.45, 7) is 11.5. The van der Waals surface area contributed by atoms with Crippen LogP contribution in [0.15, 0.2) is 36.4 Å². The van der Waals surface area contributed by atoms with Crippen LogP contribution in [0.4, 0.5) is 0 Å². The van der Waals surface area contributed by atoms with Crippen molar-refractivity contribution in [1.82, 2.24) is 19.8 Å². The second-order valence-corrected chi connectivity index (χ2v) is 8.44. The monoisotopic (exact) mass is 404 g/mol. The largest absolute Gasteiger partial charge is 0.346 e. The number of carbonyl (C=O) groups is 2. The van der Waals surface area contributed by atoms with Gasteiger partial charge in [-0.05, 0) is 63.9 Å². The van der Waals surface area contributed by atoms with Crippen LogP contribution in [0.2, 0.25) is 0 Å². The fourth-order valence-corrected chi connectivity index (χ4v) is 4.26. The van der Waals surface area contributed by atoms with Crippen molar-refractivity contribution in [3.63, 3.8) is 0 Å². The van der Waals surface area contributed by atoms with Crippen LogP contribution in [0.5, 0.6) is 0 Å². The molecular formula is C24H28N4O2. The summed E-state index contributed by atoms with van der Waals surface area (Å²) in [7, 11) is 0. The number of amides is 2. The van der Waals surface area contributed by atoms with Gasteiger partial charge in [0, 0.05) is 24.7 Å². The number of hydrogen-bond acceptors (Lipinski definition) is 3. The topological polar surface area (TPSA) is 67.2 Å². The number of carbonyl (C=O) groups excluding carboxylic acids is 2. The van der Waals surface area contributed by atoms with Crippen LogP contribution in [-0.4, -0.2) is 38.9 Å². The first-order valence-electron chi connectivity index (χ1n) is 10.5. The average molecular weight is 405 g/mol. The van der Waals surface area contributed by atoms with Crippen LogP contribution in [0, 0.1) is 13.8 Å². The molecule has 0 spiro atoms. The normalized spacial score (nSPS) is 14.9. The minimum Gasteiger partial charge on any atom is -0.346 e. The number of nitrogens with one attached hydrogen (secondary N) is 1. The minimum absolute atomic E-state index is 0.0538. The first-order chi connectivity index (χ1) is 14.3. The van der Waals surface area contributed by atoms with E-state index in [1.54, 1.807) is 12.1 Å². The van der Waals surface area contributed by atoms with Crippen molar-refractivity contribution in [3.8, 4) is 0 Å². The van der Waals surface area contributed by atoms with E-state index in [1.165, 1.54) is 5.56 Å². The van der Waals surface area contributed by atoms with E-state index in [1.807, 2.05) is 36.3 Å². The van der Waals surface area contributed by atoms with Crippen molar-refractivity contribution in [2.75, 3.05) is 6.54 Å². The maximum atomic E-state index is 12.9. The van der Waals surface area contributed by atoms with Gasteiger partial charge in [-0.15, -0.1) is 0 Å². The molecule has 0 radical (unpaired) electrons. The van der Waals surface area contributed by atoms with E-state index in [-0.39, 0.29) is 23.9 Å². The Kier molecular flexibility index (Phi) is 5.10. The Morgan fingerprint density at radius 2 is 1.83 bits per heavy atom. The Labute approximate surface area is 176 Å². The third-order valence-electron chi connectivity index (χ3n) is 5.89. The molecule has 0 aliphatic carbocycles. The highest BCUT2D eigenvalue weighted by atomic mass is 16.2. The van der Waals surface area contributed by atoms with Gasteiger partial charge in [0.15, 0.2) is 5.82 Å². The van der Waals surface area contributed by atoms with Gasteiger partial charge in [0.2, 0.25) is 0 Å². The van der Waals surface area contributed by atoms with Gasteiger partial charge in [-0.25, -0.2) is 4.98 Å². The molecule has 156 valence electrons. The summed E-state index contributed by atoms with van der Waals surface area (Å²) >= 11 is 0. The van der Waals surface area contributed by atoms with Crippen LogP contribution in [0.1, 0.15) is 64.5 Å². The lowest BCUT2D eigenvalue weighted by Crippen LogP contribution is -2.44. The fraction of sp³-hybridized carbons (Fsp3) is 0.375. The third-order valence-corrected chi connectivity index (χ3v) is 5.89. The Morgan fingerprint density at radius 3 is 2.53 bits per heavy atom. The Hall–Kier alpha value is -3.15. The molecule has 1 atom stereocenters. The van der Waals surface area contributed by atoms with Crippen LogP contribution in [-0.2, 0) is 6.54 Å². The van der Waals surface area contributed by atoms with Gasteiger partial charge in [0.05, 0.1) is 17.1 Å². The molecular weight excluding hydrogens is 376 g/mol. The van der Waals surface area contributed by atoms with Gasteiger partial charge < -0.3 is 14.8 Å². The molecule has 0 saturated carbocycles. The predicted molar refractivity (Wildman–Crippen MR) is 118 cm³/mol. The van der Waals surface area contributed by atoms with Gasteiger partial charge in [0.25, 0.3) is 11.8 Å². The van der Waals surface area contributed by atoms with Crippen LogP contribution >= 0.6 is 0 Å². The molecule has 3 aromatic rings. The van der Waals surface area contributed by atoms with Crippen molar-refractivity contribution >= 4 is 22.8 Å². The Balaban J connectivity index is 1.59. The van der Waals surface area contributed by atoms with Crippen LogP contribution in [0.3, 0.4) is 0 Å². The summed E-state index contributed by atoms with van der Waals surface area (Å²) in [5, 5.41) is 3.08. The van der Waals surface area contributed by atoms with Gasteiger partial charge >= 0.3 is 0 Å². The van der Waals surface area contributed by atoms with Gasteiger partial charge in [0.1, 0.15) is 0 Å². The van der Waals surface area contributed by atoms with Crippen molar-refractivity contribution in [3.05, 3.63) is 64.5 Å². The standard InChI is InChI=1S/C24H28N4O2/c1-14(2)27-10-11-28-21-9-7-18(13-20(21)26-22(28)24(27)30)23(29)25-17(5)19-8-6-15(3)12-16(19)4/h6-9,12-14,17H,10-11H2,1-5H3,(H,25,29)/t17-/m1/s1. The van der Waals surface area contributed by atoms with Crippen LogP contribution in [0.25, 0.3) is 11.0 Å². The Morgan fingerprint density at radius 1 is 1.07 bits per heavy atom. The molecule has 2 aromatic carbocycles. The average Bonchev–Trinajstić information content (AvgIpc) is 3.06. The molecule has 1 aromatic heterocycles. The minimum atomic E-state index is -0.148. The van der Waals surface area contributed by atoms with E-state index >= 15 is 0 Å². The highest BCUT2D eigenvalue weighted by molar-refractivity contribution is 6.00. The SMILES string of the molecule is Cc1ccc([C@@H](C)NC(=O)c2ccc3c(c2)nc2n3CCN(C(C)C)C2=O)c(C)c1. The lowest BCUT2D eigenvalue weighted by atomic mass is 10.00. The van der Waals surface area contributed by atoms with Crippen molar-refractivity contribution in [2.45, 2.75) is 53.2 Å². The highest BCUT2D eigenvalue weighted by Crippen LogP contribution is 2.24. The van der Waals surface area contributed by atoms with Crippen molar-refractivity contribution in [2.24, 2.45) is 0 Å². The van der Waals surface area contributed by atoms with E-state index in [0.717, 1.165) is 16.6 Å². The summed E-state index contributed by atoms with van der Waals surface area (Å²) in [5.41, 5.74) is 5.58. The zero-order chi connectivity index (χ0) is 21.6. The molecule has 0 saturated heterocycles. The Bertz CT molecular complexity index is 1150. The lowest BCUT2D eigenvalue weighted by molar-refractivity contribution is 0.0643. The number of hydrogen-bond donors (Lipinski definition) is 1. The lowest BCUT2D eigenvalue weighted by Gasteiger charge is -2.30. The number of aromatic nitrogens is 2. The molecule has 1 N–H and O–H groups in total. The molecule has 2 heterocycles. The molecule has 0 fully saturated rings. The molecule has 1 aliphatic rings. The zero-order valence-electron chi connectivity index (χ0n) is 18.2. The van der Waals surface area contributed by atoms with E-state index in [2.05, 4.69) is 42.3 Å². The summed E-state index contributed by atoms with van der Waals surface area (Å²) in [6.07, 6.45) is 0. The fourth-order valence-electron chi connectivity index (χ4n) is 4.26. The molecule has 2 amide bonds. The summed E-state index contributed by atoms with van der Waals surface area (Å²) in [6, 6.07) is 11.7. The molecule has 0 bridgehead atoms. The second kappa shape index (κ2) is 7.59. The number of nitrogens with zero attached hydrogens (tertiary/aromatic N) is 3. The van der Waals surface area contributed by atoms with E-state index in [4.69, 9.17) is 0 Å². The van der Waals surface area contributed by atoms with E-state index in [0.29, 0.717) is 30.0 Å². The summed E-state index contributed by atoms with van der Waals surface area (Å²) in [5.74, 6) is 0.249. The quantitative estimate of drug-likeness (QED) is 0.714. The van der Waals surface area contributed by atoms with Crippen molar-refractivity contribution in [1.29, 1.82) is 0 Å². The second-order valence-electron chi connectivity index (χ2n) is 8.44. The van der Waals surface area contributed by atoms with Crippen LogP contribution < -0.4 is 5.32 Å². The first kappa shape index (κ1) is 20.1. The molecule has 1 aliphatic heterocycles. The number of imidazole rings is 1. The maximum Gasteiger partial charge on any atom is 0.290 e. The molecule has 6 heteroatoms. The molecule has 30 heavy (non-hydrogen) atoms. The highest BCUT2D eigenvalue weighted by Gasteiger charge is 2.29. The number of rotatable bonds is 4. The molecule has 4 rings (SSSR count). The summed E-state index contributed by atoms with van der Waals surface area (Å²) < 4.78 is 1.95. The molecule has 0 unspecified atom stereocenters. The molecule has 6 nitrogen and oxygen atoms in total. The van der Waals surface area contributed by atoms with E-state index in [9.17, 15) is 9.59 Å². The van der Waals surface area contributed by atoms with Gasteiger partial charge in [-0.3, -0.25) is 9.59 Å². The number of aryl methyl sites for hydroxylation is 2. The number of benzene rings is 2. The third kappa shape index (κ3) is 3.47. The maximum absolute atomic E-state index is 12.9. The van der Waals surface area contributed by atoms with E-state index < -0.39 is 0 Å².